The zero-order valence-electron chi connectivity index (χ0n) is 10.4. The third kappa shape index (κ3) is 2.81. The molecule has 0 aliphatic heterocycles. The van der Waals surface area contributed by atoms with E-state index in [1.807, 2.05) is 48.5 Å². The van der Waals surface area contributed by atoms with E-state index in [0.717, 1.165) is 22.6 Å². The molecule has 94 valence electrons. The third-order valence-electron chi connectivity index (χ3n) is 2.75. The number of rotatable bonds is 5. The lowest BCUT2D eigenvalue weighted by atomic mass is 10.1. The van der Waals surface area contributed by atoms with Crippen molar-refractivity contribution in [2.75, 3.05) is 7.11 Å². The highest BCUT2D eigenvalue weighted by Gasteiger charge is 2.08. The first-order valence-electron chi connectivity index (χ1n) is 5.88. The Morgan fingerprint density at radius 2 is 1.67 bits per heavy atom. The molecule has 0 aliphatic rings. The van der Waals surface area contributed by atoms with Crippen LogP contribution < -0.4 is 15.2 Å². The van der Waals surface area contributed by atoms with Crippen LogP contribution in [0.5, 0.6) is 11.5 Å². The number of benzene rings is 2. The molecule has 3 heteroatoms. The molecule has 0 unspecified atom stereocenters. The van der Waals surface area contributed by atoms with Crippen molar-refractivity contribution in [1.29, 1.82) is 0 Å². The van der Waals surface area contributed by atoms with E-state index < -0.39 is 0 Å². The first-order chi connectivity index (χ1) is 8.85. The second-order valence-electron chi connectivity index (χ2n) is 3.92. The summed E-state index contributed by atoms with van der Waals surface area (Å²) in [4.78, 5) is 0. The zero-order valence-corrected chi connectivity index (χ0v) is 10.4. The molecular weight excluding hydrogens is 226 g/mol. The van der Waals surface area contributed by atoms with E-state index in [-0.39, 0.29) is 0 Å². The van der Waals surface area contributed by atoms with E-state index in [2.05, 4.69) is 0 Å². The second kappa shape index (κ2) is 6.07. The van der Waals surface area contributed by atoms with Crippen molar-refractivity contribution < 1.29 is 9.47 Å². The molecule has 2 aromatic rings. The lowest BCUT2D eigenvalue weighted by molar-refractivity contribution is 0.299. The Morgan fingerprint density at radius 1 is 0.944 bits per heavy atom. The predicted molar refractivity (Wildman–Crippen MR) is 71.7 cm³/mol. The molecule has 2 N–H and O–H groups in total. The van der Waals surface area contributed by atoms with Crippen molar-refractivity contribution in [2.45, 2.75) is 13.2 Å². The normalized spacial score (nSPS) is 10.1. The summed E-state index contributed by atoms with van der Waals surface area (Å²) in [6, 6.07) is 15.7. The average molecular weight is 243 g/mol. The van der Waals surface area contributed by atoms with E-state index in [9.17, 15) is 0 Å². The maximum atomic E-state index is 5.80. The highest BCUT2D eigenvalue weighted by molar-refractivity contribution is 5.44. The van der Waals surface area contributed by atoms with Crippen molar-refractivity contribution in [2.24, 2.45) is 5.73 Å². The van der Waals surface area contributed by atoms with Crippen molar-refractivity contribution in [3.8, 4) is 11.5 Å². The quantitative estimate of drug-likeness (QED) is 0.878. The van der Waals surface area contributed by atoms with Crippen molar-refractivity contribution in [3.63, 3.8) is 0 Å². The summed E-state index contributed by atoms with van der Waals surface area (Å²) in [5.74, 6) is 1.55. The van der Waals surface area contributed by atoms with Gasteiger partial charge < -0.3 is 15.2 Å². The Bertz CT molecular complexity index is 497. The molecule has 0 atom stereocenters. The minimum Gasteiger partial charge on any atom is -0.496 e. The van der Waals surface area contributed by atoms with E-state index in [1.165, 1.54) is 0 Å². The van der Waals surface area contributed by atoms with Crippen LogP contribution in [0.2, 0.25) is 0 Å². The maximum absolute atomic E-state index is 5.80. The molecule has 0 aromatic heterocycles. The fraction of sp³-hybridized carbons (Fsp3) is 0.200. The van der Waals surface area contributed by atoms with Crippen LogP contribution in [-0.2, 0) is 13.2 Å². The minimum atomic E-state index is 0.397. The van der Waals surface area contributed by atoms with E-state index in [4.69, 9.17) is 15.2 Å². The van der Waals surface area contributed by atoms with E-state index >= 15 is 0 Å². The Balaban J connectivity index is 2.14. The molecule has 0 saturated carbocycles. The molecule has 0 spiro atoms. The number of nitrogens with two attached hydrogens (primary N) is 1. The molecule has 0 aliphatic carbocycles. The summed E-state index contributed by atoms with van der Waals surface area (Å²) in [6.45, 7) is 0.926. The first-order valence-corrected chi connectivity index (χ1v) is 5.88. The summed E-state index contributed by atoms with van der Waals surface area (Å²) >= 11 is 0. The summed E-state index contributed by atoms with van der Waals surface area (Å²) in [5.41, 5.74) is 7.76. The zero-order chi connectivity index (χ0) is 12.8. The van der Waals surface area contributed by atoms with Crippen LogP contribution in [0.25, 0.3) is 0 Å². The van der Waals surface area contributed by atoms with Gasteiger partial charge in [-0.15, -0.1) is 0 Å². The van der Waals surface area contributed by atoms with Gasteiger partial charge in [-0.3, -0.25) is 0 Å². The molecule has 3 nitrogen and oxygen atoms in total. The SMILES string of the molecule is COc1cccc(OCc2ccccc2)c1CN. The largest absolute Gasteiger partial charge is 0.496 e. The van der Waals surface area contributed by atoms with Gasteiger partial charge in [-0.2, -0.15) is 0 Å². The van der Waals surface area contributed by atoms with E-state index in [1.54, 1.807) is 7.11 Å². The molecule has 0 bridgehead atoms. The number of methoxy groups -OCH3 is 1. The van der Waals surface area contributed by atoms with Crippen LogP contribution in [0.15, 0.2) is 48.5 Å². The van der Waals surface area contributed by atoms with Gasteiger partial charge in [0.25, 0.3) is 0 Å². The van der Waals surface area contributed by atoms with Gasteiger partial charge in [0, 0.05) is 12.1 Å². The molecule has 0 saturated heterocycles. The average Bonchev–Trinajstić information content (AvgIpc) is 2.45. The van der Waals surface area contributed by atoms with Gasteiger partial charge in [0.05, 0.1) is 7.11 Å². The van der Waals surface area contributed by atoms with Crippen molar-refractivity contribution in [1.82, 2.24) is 0 Å². The van der Waals surface area contributed by atoms with E-state index in [0.29, 0.717) is 13.2 Å². The fourth-order valence-electron chi connectivity index (χ4n) is 1.81. The van der Waals surface area contributed by atoms with Gasteiger partial charge in [0.1, 0.15) is 18.1 Å². The predicted octanol–water partition coefficient (Wildman–Crippen LogP) is 2.73. The molecular formula is C15H17NO2. The maximum Gasteiger partial charge on any atom is 0.128 e. The smallest absolute Gasteiger partial charge is 0.128 e. The Kier molecular flexibility index (Phi) is 4.20. The van der Waals surface area contributed by atoms with Crippen LogP contribution in [-0.4, -0.2) is 7.11 Å². The summed E-state index contributed by atoms with van der Waals surface area (Å²) < 4.78 is 11.1. The first kappa shape index (κ1) is 12.5. The number of hydrogen-bond acceptors (Lipinski definition) is 3. The van der Waals surface area contributed by atoms with Crippen LogP contribution in [0, 0.1) is 0 Å². The molecule has 0 heterocycles. The lowest BCUT2D eigenvalue weighted by Crippen LogP contribution is -2.04. The highest BCUT2D eigenvalue weighted by Crippen LogP contribution is 2.28. The van der Waals surface area contributed by atoms with Crippen LogP contribution in [0.1, 0.15) is 11.1 Å². The molecule has 2 rings (SSSR count). The van der Waals surface area contributed by atoms with Crippen LogP contribution in [0.4, 0.5) is 0 Å². The standard InChI is InChI=1S/C15H17NO2/c1-17-14-8-5-9-15(13(14)10-16)18-11-12-6-3-2-4-7-12/h2-9H,10-11,16H2,1H3. The summed E-state index contributed by atoms with van der Waals surface area (Å²) in [7, 11) is 1.63. The molecule has 0 fully saturated rings. The topological polar surface area (TPSA) is 44.5 Å². The Hall–Kier alpha value is -2.00. The minimum absolute atomic E-state index is 0.397. The number of hydrogen-bond donors (Lipinski definition) is 1. The fourth-order valence-corrected chi connectivity index (χ4v) is 1.81. The van der Waals surface area contributed by atoms with Gasteiger partial charge in [0.2, 0.25) is 0 Å². The van der Waals surface area contributed by atoms with Crippen molar-refractivity contribution in [3.05, 3.63) is 59.7 Å². The molecule has 0 amide bonds. The van der Waals surface area contributed by atoms with Crippen LogP contribution >= 0.6 is 0 Å². The molecule has 0 radical (unpaired) electrons. The monoisotopic (exact) mass is 243 g/mol. The van der Waals surface area contributed by atoms with Gasteiger partial charge in [-0.1, -0.05) is 36.4 Å². The lowest BCUT2D eigenvalue weighted by Gasteiger charge is -2.13. The Labute approximate surface area is 107 Å². The van der Waals surface area contributed by atoms with Gasteiger partial charge >= 0.3 is 0 Å². The molecule has 2 aromatic carbocycles. The van der Waals surface area contributed by atoms with Gasteiger partial charge in [-0.25, -0.2) is 0 Å². The van der Waals surface area contributed by atoms with Gasteiger partial charge in [0.15, 0.2) is 0 Å². The van der Waals surface area contributed by atoms with Gasteiger partial charge in [-0.05, 0) is 17.7 Å². The third-order valence-corrected chi connectivity index (χ3v) is 2.75. The number of ether oxygens (including phenoxy) is 2. The van der Waals surface area contributed by atoms with Crippen molar-refractivity contribution >= 4 is 0 Å². The summed E-state index contributed by atoms with van der Waals surface area (Å²) in [6.07, 6.45) is 0. The summed E-state index contributed by atoms with van der Waals surface area (Å²) in [5, 5.41) is 0. The highest BCUT2D eigenvalue weighted by atomic mass is 16.5. The second-order valence-corrected chi connectivity index (χ2v) is 3.92. The van der Waals surface area contributed by atoms with Crippen LogP contribution in [0.3, 0.4) is 0 Å². The molecule has 18 heavy (non-hydrogen) atoms. The Morgan fingerprint density at radius 3 is 2.33 bits per heavy atom.